The zero-order valence-corrected chi connectivity index (χ0v) is 29.1. The monoisotopic (exact) mass is 894 g/mol. The first-order valence-electron chi connectivity index (χ1n) is 13.3. The van der Waals surface area contributed by atoms with Crippen LogP contribution in [0.1, 0.15) is 97.5 Å². The van der Waals surface area contributed by atoms with E-state index in [0.717, 1.165) is 76.9 Å². The molecule has 2 aromatic rings. The van der Waals surface area contributed by atoms with Gasteiger partial charge in [0.25, 0.3) is 10.1 Å². The first-order valence-corrected chi connectivity index (χ1v) is 18.0. The summed E-state index contributed by atoms with van der Waals surface area (Å²) in [6, 6.07) is 5.37. The number of benzene rings is 2. The van der Waals surface area contributed by atoms with Gasteiger partial charge in [-0.1, -0.05) is 38.5 Å². The number of halogens is 3. The van der Waals surface area contributed by atoms with Crippen molar-refractivity contribution < 1.29 is 32.0 Å². The topological polar surface area (TPSA) is 99.1 Å². The molecule has 214 valence electrons. The molecule has 7 nitrogen and oxygen atoms in total. The van der Waals surface area contributed by atoms with Gasteiger partial charge in [0.05, 0.1) is 24.7 Å². The third-order valence-electron chi connectivity index (χ3n) is 7.62. The second-order valence-electron chi connectivity index (χ2n) is 10.1. The third-order valence-corrected chi connectivity index (χ3v) is 11.2. The lowest BCUT2D eigenvalue weighted by Crippen LogP contribution is -2.17. The normalized spacial score (nSPS) is 17.2. The molecular formula is C28H33I3O7S. The van der Waals surface area contributed by atoms with Gasteiger partial charge >= 0.3 is 5.97 Å². The van der Waals surface area contributed by atoms with Crippen LogP contribution in [0.15, 0.2) is 23.1 Å². The van der Waals surface area contributed by atoms with Gasteiger partial charge in [-0.25, -0.2) is 4.79 Å². The maximum atomic E-state index is 13.0. The zero-order chi connectivity index (χ0) is 28.2. The molecule has 39 heavy (non-hydrogen) atoms. The fourth-order valence-electron chi connectivity index (χ4n) is 5.71. The molecule has 0 bridgehead atoms. The van der Waals surface area contributed by atoms with Crippen LogP contribution in [0.3, 0.4) is 0 Å². The number of rotatable bonds is 9. The molecule has 4 rings (SSSR count). The van der Waals surface area contributed by atoms with Crippen molar-refractivity contribution >= 4 is 83.9 Å². The van der Waals surface area contributed by atoms with Crippen LogP contribution in [0.2, 0.25) is 0 Å². The highest BCUT2D eigenvalue weighted by atomic mass is 127. The Hall–Kier alpha value is -0.390. The average molecular weight is 894 g/mol. The van der Waals surface area contributed by atoms with Gasteiger partial charge < -0.3 is 14.2 Å². The van der Waals surface area contributed by atoms with Crippen LogP contribution in [0, 0.1) is 10.7 Å². The quantitative estimate of drug-likeness (QED) is 0.118. The lowest BCUT2D eigenvalue weighted by molar-refractivity contribution is 0.0446. The summed E-state index contributed by atoms with van der Waals surface area (Å²) in [7, 11) is -2.80. The largest absolute Gasteiger partial charge is 0.495 e. The van der Waals surface area contributed by atoms with Gasteiger partial charge in [-0.05, 0) is 135 Å². The highest BCUT2D eigenvalue weighted by Gasteiger charge is 2.29. The summed E-state index contributed by atoms with van der Waals surface area (Å²) in [4.78, 5) is 13.0. The summed E-state index contributed by atoms with van der Waals surface area (Å²) >= 11 is 6.41. The molecule has 1 N–H and O–H groups in total. The Bertz CT molecular complexity index is 1300. The van der Waals surface area contributed by atoms with E-state index in [1.54, 1.807) is 13.2 Å². The van der Waals surface area contributed by atoms with Crippen LogP contribution in [0.25, 0.3) is 0 Å². The predicted molar refractivity (Wildman–Crippen MR) is 175 cm³/mol. The molecule has 0 aliphatic heterocycles. The highest BCUT2D eigenvalue weighted by Crippen LogP contribution is 2.44. The van der Waals surface area contributed by atoms with Crippen molar-refractivity contribution in [1.29, 1.82) is 0 Å². The van der Waals surface area contributed by atoms with E-state index in [1.165, 1.54) is 0 Å². The molecule has 0 saturated heterocycles. The first-order chi connectivity index (χ1) is 18.6. The summed E-state index contributed by atoms with van der Waals surface area (Å²) in [5.41, 5.74) is 1.92. The van der Waals surface area contributed by atoms with E-state index in [2.05, 4.69) is 67.8 Å². The lowest BCUT2D eigenvalue weighted by Gasteiger charge is -2.28. The van der Waals surface area contributed by atoms with Gasteiger partial charge in [-0.2, -0.15) is 8.42 Å². The molecule has 0 atom stereocenters. The Morgan fingerprint density at radius 2 is 1.46 bits per heavy atom. The summed E-state index contributed by atoms with van der Waals surface area (Å²) in [5.74, 6) is 1.06. The summed E-state index contributed by atoms with van der Waals surface area (Å²) in [6.45, 7) is 0.178. The number of carbonyl (C=O) groups excluding carboxylic acids is 1. The molecule has 2 fully saturated rings. The first kappa shape index (κ1) is 31.5. The Balaban J connectivity index is 1.57. The van der Waals surface area contributed by atoms with Crippen molar-refractivity contribution in [3.05, 3.63) is 45.6 Å². The van der Waals surface area contributed by atoms with Crippen molar-refractivity contribution in [2.45, 2.75) is 80.9 Å². The molecule has 0 amide bonds. The van der Waals surface area contributed by atoms with Gasteiger partial charge in [0.15, 0.2) is 0 Å². The number of methoxy groups -OCH3 is 1. The van der Waals surface area contributed by atoms with Gasteiger partial charge in [0, 0.05) is 3.57 Å². The van der Waals surface area contributed by atoms with Crippen LogP contribution in [0.4, 0.5) is 0 Å². The molecule has 2 aliphatic carbocycles. The maximum Gasteiger partial charge on any atom is 0.340 e. The molecule has 0 aromatic heterocycles. The Kier molecular flexibility index (Phi) is 11.5. The van der Waals surface area contributed by atoms with E-state index in [9.17, 15) is 17.8 Å². The van der Waals surface area contributed by atoms with Crippen molar-refractivity contribution in [1.82, 2.24) is 0 Å². The predicted octanol–water partition coefficient (Wildman–Crippen LogP) is 8.09. The number of hydrogen-bond donors (Lipinski definition) is 1. The summed E-state index contributed by atoms with van der Waals surface area (Å²) in [5, 5.41) is 0. The minimum atomic E-state index is -4.38. The Morgan fingerprint density at radius 3 is 2.03 bits per heavy atom. The van der Waals surface area contributed by atoms with E-state index in [4.69, 9.17) is 14.2 Å². The maximum absolute atomic E-state index is 13.0. The number of carbonyl (C=O) groups is 1. The van der Waals surface area contributed by atoms with E-state index >= 15 is 0 Å². The second-order valence-corrected chi connectivity index (χ2v) is 14.9. The molecule has 0 spiro atoms. The standard InChI is InChI=1S/C28H33I3O7S/c1-36-27-22(30)16-21(29)25(26(27)31)28(32)38-13-12-37-23-14-20(18-10-6-3-7-11-18)24(39(33,34)35)15-19(23)17-8-4-2-5-9-17/h14-18H,2-13H2,1H3,(H,33,34,35). The average Bonchev–Trinajstić information content (AvgIpc) is 2.91. The summed E-state index contributed by atoms with van der Waals surface area (Å²) in [6.07, 6.45) is 10.2. The van der Waals surface area contributed by atoms with E-state index < -0.39 is 16.1 Å². The fourth-order valence-corrected chi connectivity index (χ4v) is 10.8. The van der Waals surface area contributed by atoms with Gasteiger partial charge in [0.1, 0.15) is 24.7 Å². The smallest absolute Gasteiger partial charge is 0.340 e. The number of esters is 1. The van der Waals surface area contributed by atoms with E-state index in [-0.39, 0.29) is 29.9 Å². The van der Waals surface area contributed by atoms with Crippen LogP contribution in [0.5, 0.6) is 11.5 Å². The molecule has 11 heteroatoms. The van der Waals surface area contributed by atoms with Gasteiger partial charge in [-0.15, -0.1) is 0 Å². The van der Waals surface area contributed by atoms with Gasteiger partial charge in [0.2, 0.25) is 0 Å². The summed E-state index contributed by atoms with van der Waals surface area (Å²) < 4.78 is 54.8. The molecule has 0 radical (unpaired) electrons. The molecule has 2 aliphatic rings. The van der Waals surface area contributed by atoms with Crippen LogP contribution < -0.4 is 9.47 Å². The second kappa shape index (κ2) is 14.2. The van der Waals surface area contributed by atoms with Crippen LogP contribution >= 0.6 is 67.8 Å². The van der Waals surface area contributed by atoms with E-state index in [0.29, 0.717) is 26.2 Å². The molecule has 2 saturated carbocycles. The minimum Gasteiger partial charge on any atom is -0.495 e. The van der Waals surface area contributed by atoms with Crippen LogP contribution in [-0.2, 0) is 14.9 Å². The molecular weight excluding hydrogens is 861 g/mol. The Labute approximate surface area is 271 Å². The fraction of sp³-hybridized carbons (Fsp3) is 0.536. The van der Waals surface area contributed by atoms with Crippen molar-refractivity contribution in [2.75, 3.05) is 20.3 Å². The number of hydrogen-bond acceptors (Lipinski definition) is 6. The van der Waals surface area contributed by atoms with Gasteiger partial charge in [-0.3, -0.25) is 4.55 Å². The van der Waals surface area contributed by atoms with Crippen molar-refractivity contribution in [3.8, 4) is 11.5 Å². The van der Waals surface area contributed by atoms with E-state index in [1.807, 2.05) is 12.1 Å². The molecule has 0 unspecified atom stereocenters. The molecule has 2 aromatic carbocycles. The highest BCUT2D eigenvalue weighted by molar-refractivity contribution is 14.1. The SMILES string of the molecule is COc1c(I)cc(I)c(C(=O)OCCOc2cc(C3CCCCC3)c(S(=O)(=O)O)cc2C2CCCCC2)c1I. The van der Waals surface area contributed by atoms with Crippen LogP contribution in [-0.4, -0.2) is 39.3 Å². The Morgan fingerprint density at radius 1 is 0.872 bits per heavy atom. The number of ether oxygens (including phenoxy) is 3. The lowest BCUT2D eigenvalue weighted by atomic mass is 9.80. The van der Waals surface area contributed by atoms with Crippen molar-refractivity contribution in [2.24, 2.45) is 0 Å². The third kappa shape index (κ3) is 7.72. The van der Waals surface area contributed by atoms with Crippen molar-refractivity contribution in [3.63, 3.8) is 0 Å². The zero-order valence-electron chi connectivity index (χ0n) is 21.8. The molecule has 0 heterocycles. The minimum absolute atomic E-state index is 0.0190.